The molecular formula is C18H11BrClN3O2. The molecule has 2 aromatic rings. The molecule has 124 valence electrons. The first-order valence-corrected chi connectivity index (χ1v) is 8.19. The maximum atomic E-state index is 12.2. The van der Waals surface area contributed by atoms with Gasteiger partial charge in [0, 0.05) is 5.69 Å². The highest BCUT2D eigenvalue weighted by Gasteiger charge is 2.12. The first-order chi connectivity index (χ1) is 12.0. The van der Waals surface area contributed by atoms with E-state index in [9.17, 15) is 10.1 Å². The Morgan fingerprint density at radius 3 is 2.60 bits per heavy atom. The van der Waals surface area contributed by atoms with E-state index in [0.29, 0.717) is 21.5 Å². The SMILES string of the molecule is N#CCOc1c(Cl)cc(/C=C(/C#N)C(=O)Nc2ccccc2)cc1Br. The summed E-state index contributed by atoms with van der Waals surface area (Å²) in [6, 6.07) is 15.8. The van der Waals surface area contributed by atoms with Crippen LogP contribution in [0.3, 0.4) is 0 Å². The lowest BCUT2D eigenvalue weighted by molar-refractivity contribution is -0.112. The van der Waals surface area contributed by atoms with E-state index in [4.69, 9.17) is 21.6 Å². The maximum absolute atomic E-state index is 12.2. The predicted octanol–water partition coefficient (Wildman–Crippen LogP) is 4.55. The van der Waals surface area contributed by atoms with Gasteiger partial charge in [-0.15, -0.1) is 0 Å². The quantitative estimate of drug-likeness (QED) is 0.572. The third kappa shape index (κ3) is 5.09. The Labute approximate surface area is 158 Å². The summed E-state index contributed by atoms with van der Waals surface area (Å²) in [6.07, 6.45) is 1.42. The minimum absolute atomic E-state index is 0.0717. The second-order valence-corrected chi connectivity index (χ2v) is 6.01. The van der Waals surface area contributed by atoms with Crippen molar-refractivity contribution in [2.45, 2.75) is 0 Å². The summed E-state index contributed by atoms with van der Waals surface area (Å²) in [6.45, 7) is -0.142. The molecule has 0 saturated heterocycles. The van der Waals surface area contributed by atoms with E-state index in [1.165, 1.54) is 6.08 Å². The number of nitriles is 2. The highest BCUT2D eigenvalue weighted by atomic mass is 79.9. The molecule has 0 spiro atoms. The number of hydrogen-bond donors (Lipinski definition) is 1. The van der Waals surface area contributed by atoms with Crippen molar-refractivity contribution in [2.24, 2.45) is 0 Å². The van der Waals surface area contributed by atoms with Gasteiger partial charge in [0.2, 0.25) is 0 Å². The number of hydrogen-bond acceptors (Lipinski definition) is 4. The second kappa shape index (κ2) is 8.89. The summed E-state index contributed by atoms with van der Waals surface area (Å²) in [5.41, 5.74) is 1.06. The zero-order valence-corrected chi connectivity index (χ0v) is 15.1. The molecule has 0 unspecified atom stereocenters. The van der Waals surface area contributed by atoms with Crippen molar-refractivity contribution in [1.29, 1.82) is 10.5 Å². The predicted molar refractivity (Wildman–Crippen MR) is 98.9 cm³/mol. The second-order valence-electron chi connectivity index (χ2n) is 4.75. The van der Waals surface area contributed by atoms with Gasteiger partial charge in [-0.2, -0.15) is 10.5 Å². The molecule has 1 amide bonds. The van der Waals surface area contributed by atoms with Crippen molar-refractivity contribution in [3.05, 3.63) is 63.1 Å². The first-order valence-electron chi connectivity index (χ1n) is 7.02. The Bertz CT molecular complexity index is 876. The highest BCUT2D eigenvalue weighted by Crippen LogP contribution is 2.35. The van der Waals surface area contributed by atoms with E-state index in [1.807, 2.05) is 18.2 Å². The number of halogens is 2. The number of benzene rings is 2. The average molecular weight is 417 g/mol. The van der Waals surface area contributed by atoms with E-state index in [0.717, 1.165) is 0 Å². The number of ether oxygens (including phenoxy) is 1. The number of para-hydroxylation sites is 1. The van der Waals surface area contributed by atoms with Crippen molar-refractivity contribution in [3.8, 4) is 17.9 Å². The zero-order valence-electron chi connectivity index (χ0n) is 12.8. The van der Waals surface area contributed by atoms with Gasteiger partial charge in [-0.25, -0.2) is 0 Å². The monoisotopic (exact) mass is 415 g/mol. The van der Waals surface area contributed by atoms with Gasteiger partial charge in [-0.1, -0.05) is 29.8 Å². The van der Waals surface area contributed by atoms with Crippen LogP contribution in [0.4, 0.5) is 5.69 Å². The molecule has 25 heavy (non-hydrogen) atoms. The van der Waals surface area contributed by atoms with Gasteiger partial charge in [-0.05, 0) is 51.8 Å². The molecule has 0 aliphatic heterocycles. The molecule has 0 fully saturated rings. The average Bonchev–Trinajstić information content (AvgIpc) is 2.59. The van der Waals surface area contributed by atoms with Gasteiger partial charge in [0.05, 0.1) is 9.50 Å². The number of rotatable bonds is 5. The summed E-state index contributed by atoms with van der Waals surface area (Å²) < 4.78 is 5.74. The lowest BCUT2D eigenvalue weighted by atomic mass is 10.1. The Morgan fingerprint density at radius 2 is 2.00 bits per heavy atom. The fourth-order valence-corrected chi connectivity index (χ4v) is 2.93. The fraction of sp³-hybridized carbons (Fsp3) is 0.0556. The van der Waals surface area contributed by atoms with Crippen LogP contribution in [0.1, 0.15) is 5.56 Å². The van der Waals surface area contributed by atoms with Crippen molar-refractivity contribution in [3.63, 3.8) is 0 Å². The van der Waals surface area contributed by atoms with E-state index in [1.54, 1.807) is 36.4 Å². The van der Waals surface area contributed by atoms with E-state index < -0.39 is 5.91 Å². The third-order valence-corrected chi connectivity index (χ3v) is 3.88. The van der Waals surface area contributed by atoms with Crippen LogP contribution in [0.2, 0.25) is 5.02 Å². The normalized spacial score (nSPS) is 10.5. The molecule has 1 N–H and O–H groups in total. The van der Waals surface area contributed by atoms with Crippen molar-refractivity contribution in [1.82, 2.24) is 0 Å². The van der Waals surface area contributed by atoms with Crippen LogP contribution in [-0.2, 0) is 4.79 Å². The molecule has 2 rings (SSSR count). The number of nitrogens with zero attached hydrogens (tertiary/aromatic N) is 2. The molecule has 0 atom stereocenters. The van der Waals surface area contributed by atoms with Crippen molar-refractivity contribution in [2.75, 3.05) is 11.9 Å². The van der Waals surface area contributed by atoms with Crippen LogP contribution in [0.15, 0.2) is 52.5 Å². The molecular weight excluding hydrogens is 406 g/mol. The molecule has 0 bridgehead atoms. The third-order valence-electron chi connectivity index (χ3n) is 3.01. The minimum Gasteiger partial charge on any atom is -0.476 e. The van der Waals surface area contributed by atoms with Crippen LogP contribution < -0.4 is 10.1 Å². The number of nitrogens with one attached hydrogen (secondary N) is 1. The summed E-state index contributed by atoms with van der Waals surface area (Å²) >= 11 is 9.43. The summed E-state index contributed by atoms with van der Waals surface area (Å²) in [5, 5.41) is 20.7. The Kier molecular flexibility index (Phi) is 6.59. The van der Waals surface area contributed by atoms with Crippen LogP contribution >= 0.6 is 27.5 Å². The summed E-state index contributed by atoms with van der Waals surface area (Å²) in [4.78, 5) is 12.2. The largest absolute Gasteiger partial charge is 0.476 e. The molecule has 2 aromatic carbocycles. The lowest BCUT2D eigenvalue weighted by Gasteiger charge is -2.09. The van der Waals surface area contributed by atoms with E-state index in [2.05, 4.69) is 21.2 Å². The molecule has 0 heterocycles. The van der Waals surface area contributed by atoms with Gasteiger partial charge < -0.3 is 10.1 Å². The highest BCUT2D eigenvalue weighted by molar-refractivity contribution is 9.10. The van der Waals surface area contributed by atoms with Gasteiger partial charge in [0.15, 0.2) is 12.4 Å². The zero-order chi connectivity index (χ0) is 18.2. The molecule has 0 saturated carbocycles. The number of amides is 1. The fourth-order valence-electron chi connectivity index (χ4n) is 1.94. The number of anilines is 1. The molecule has 0 aromatic heterocycles. The van der Waals surface area contributed by atoms with Crippen molar-refractivity contribution < 1.29 is 9.53 Å². The van der Waals surface area contributed by atoms with Crippen molar-refractivity contribution >= 4 is 45.2 Å². The summed E-state index contributed by atoms with van der Waals surface area (Å²) in [7, 11) is 0. The van der Waals surface area contributed by atoms with Gasteiger partial charge in [-0.3, -0.25) is 4.79 Å². The molecule has 0 radical (unpaired) electrons. The standard InChI is InChI=1S/C18H11BrClN3O2/c19-15-9-12(10-16(20)17(15)25-7-6-21)8-13(11-22)18(24)23-14-4-2-1-3-5-14/h1-5,8-10H,7H2,(H,23,24)/b13-8-. The number of carbonyl (C=O) groups is 1. The first kappa shape index (κ1) is 18.5. The van der Waals surface area contributed by atoms with Crippen LogP contribution in [0.5, 0.6) is 5.75 Å². The number of carbonyl (C=O) groups excluding carboxylic acids is 1. The maximum Gasteiger partial charge on any atom is 0.266 e. The van der Waals surface area contributed by atoms with E-state index >= 15 is 0 Å². The van der Waals surface area contributed by atoms with E-state index in [-0.39, 0.29) is 17.2 Å². The van der Waals surface area contributed by atoms with Gasteiger partial charge >= 0.3 is 0 Å². The Hall–Kier alpha value is -2.80. The van der Waals surface area contributed by atoms with Crippen LogP contribution in [0.25, 0.3) is 6.08 Å². The van der Waals surface area contributed by atoms with Gasteiger partial charge in [0.25, 0.3) is 5.91 Å². The molecule has 7 heteroatoms. The Morgan fingerprint density at radius 1 is 1.28 bits per heavy atom. The smallest absolute Gasteiger partial charge is 0.266 e. The van der Waals surface area contributed by atoms with Gasteiger partial charge in [0.1, 0.15) is 17.7 Å². The molecule has 0 aliphatic rings. The Balaban J connectivity index is 2.26. The summed E-state index contributed by atoms with van der Waals surface area (Å²) in [5.74, 6) is -0.196. The topological polar surface area (TPSA) is 85.9 Å². The van der Waals surface area contributed by atoms with Crippen LogP contribution in [0, 0.1) is 22.7 Å². The van der Waals surface area contributed by atoms with Crippen LogP contribution in [-0.4, -0.2) is 12.5 Å². The molecule has 0 aliphatic carbocycles. The molecule has 5 nitrogen and oxygen atoms in total. The lowest BCUT2D eigenvalue weighted by Crippen LogP contribution is -2.13. The minimum atomic E-state index is -0.522.